The Bertz CT molecular complexity index is 1500. The monoisotopic (exact) mass is 438 g/mol. The molecule has 2 aliphatic rings. The zero-order chi connectivity index (χ0) is 22.0. The molecule has 4 nitrogen and oxygen atoms in total. The summed E-state index contributed by atoms with van der Waals surface area (Å²) in [5.74, 6) is -0.449. The van der Waals surface area contributed by atoms with E-state index in [2.05, 4.69) is 0 Å². The Kier molecular flexibility index (Phi) is 4.01. The van der Waals surface area contributed by atoms with Gasteiger partial charge in [-0.1, -0.05) is 60.1 Å². The number of halogens is 1. The molecule has 5 heteroatoms. The van der Waals surface area contributed by atoms with Crippen molar-refractivity contribution in [3.05, 3.63) is 117 Å². The largest absolute Gasteiger partial charge is 0.508 e. The van der Waals surface area contributed by atoms with E-state index >= 15 is 0 Å². The average molecular weight is 439 g/mol. The van der Waals surface area contributed by atoms with Crippen molar-refractivity contribution >= 4 is 33.9 Å². The second-order valence-corrected chi connectivity index (χ2v) is 8.35. The summed E-state index contributed by atoms with van der Waals surface area (Å²) in [6, 6.07) is 22.8. The predicted octanol–water partition coefficient (Wildman–Crippen LogP) is 6.06. The van der Waals surface area contributed by atoms with Gasteiger partial charge in [0, 0.05) is 27.6 Å². The summed E-state index contributed by atoms with van der Waals surface area (Å²) >= 11 is 6.13. The lowest BCUT2D eigenvalue weighted by atomic mass is 9.74. The summed E-state index contributed by atoms with van der Waals surface area (Å²) in [5.41, 5.74) is 2.56. The maximum Gasteiger partial charge on any atom is 0.229 e. The van der Waals surface area contributed by atoms with Gasteiger partial charge in [-0.25, -0.2) is 0 Å². The van der Waals surface area contributed by atoms with Crippen molar-refractivity contribution in [1.29, 1.82) is 0 Å². The molecule has 1 atom stereocenters. The van der Waals surface area contributed by atoms with Crippen LogP contribution in [0.4, 0.5) is 0 Å². The number of carbonyl (C=O) groups excluding carboxylic acids is 2. The van der Waals surface area contributed by atoms with E-state index in [0.29, 0.717) is 27.5 Å². The molecule has 154 valence electrons. The van der Waals surface area contributed by atoms with E-state index in [0.717, 1.165) is 21.9 Å². The van der Waals surface area contributed by atoms with Crippen molar-refractivity contribution in [2.75, 3.05) is 0 Å². The summed E-state index contributed by atoms with van der Waals surface area (Å²) in [5, 5.41) is 12.4. The van der Waals surface area contributed by atoms with Gasteiger partial charge in [-0.15, -0.1) is 0 Å². The first kappa shape index (κ1) is 18.8. The first-order valence-electron chi connectivity index (χ1n) is 10.1. The number of benzene rings is 4. The van der Waals surface area contributed by atoms with Gasteiger partial charge in [0.15, 0.2) is 11.5 Å². The second-order valence-electron chi connectivity index (χ2n) is 7.92. The van der Waals surface area contributed by atoms with Crippen molar-refractivity contribution in [3.8, 4) is 11.5 Å². The van der Waals surface area contributed by atoms with Gasteiger partial charge in [-0.2, -0.15) is 0 Å². The van der Waals surface area contributed by atoms with Gasteiger partial charge in [0.1, 0.15) is 11.5 Å². The van der Waals surface area contributed by atoms with E-state index in [1.54, 1.807) is 54.6 Å². The van der Waals surface area contributed by atoms with Crippen LogP contribution in [0.15, 0.2) is 90.2 Å². The van der Waals surface area contributed by atoms with Crippen LogP contribution < -0.4 is 4.74 Å². The smallest absolute Gasteiger partial charge is 0.229 e. The number of phenols is 1. The van der Waals surface area contributed by atoms with E-state index in [9.17, 15) is 14.7 Å². The molecule has 0 radical (unpaired) electrons. The molecule has 0 bridgehead atoms. The number of aromatic hydroxyl groups is 1. The predicted molar refractivity (Wildman–Crippen MR) is 122 cm³/mol. The van der Waals surface area contributed by atoms with Crippen LogP contribution in [0.1, 0.15) is 37.8 Å². The number of Topliss-reactive ketones (excluding diaryl/α,β-unsaturated/α-hetero) is 2. The van der Waals surface area contributed by atoms with Gasteiger partial charge >= 0.3 is 0 Å². The summed E-state index contributed by atoms with van der Waals surface area (Å²) in [6.07, 6.45) is 0. The van der Waals surface area contributed by atoms with Crippen LogP contribution >= 0.6 is 11.6 Å². The average Bonchev–Trinajstić information content (AvgIpc) is 2.81. The number of allylic oxidation sites excluding steroid dienone is 2. The highest BCUT2D eigenvalue weighted by molar-refractivity contribution is 6.30. The molecule has 1 N–H and O–H groups in total. The van der Waals surface area contributed by atoms with Crippen LogP contribution in [0.25, 0.3) is 10.8 Å². The van der Waals surface area contributed by atoms with Crippen LogP contribution in [-0.4, -0.2) is 16.7 Å². The molecule has 32 heavy (non-hydrogen) atoms. The Labute approximate surface area is 188 Å². The minimum atomic E-state index is -0.554. The van der Waals surface area contributed by atoms with E-state index in [1.807, 2.05) is 24.3 Å². The van der Waals surface area contributed by atoms with Crippen molar-refractivity contribution in [2.24, 2.45) is 0 Å². The van der Waals surface area contributed by atoms with Crippen molar-refractivity contribution in [2.45, 2.75) is 5.92 Å². The molecule has 0 saturated carbocycles. The molecule has 1 aliphatic carbocycles. The lowest BCUT2D eigenvalue weighted by molar-refractivity contribution is 0.0927. The van der Waals surface area contributed by atoms with Gasteiger partial charge in [0.05, 0.1) is 5.57 Å². The number of hydrogen-bond acceptors (Lipinski definition) is 4. The quantitative estimate of drug-likeness (QED) is 0.392. The minimum Gasteiger partial charge on any atom is -0.508 e. The molecule has 0 saturated heterocycles. The molecule has 0 amide bonds. The Hall–Kier alpha value is -3.89. The molecule has 4 aromatic carbocycles. The van der Waals surface area contributed by atoms with Crippen LogP contribution in [0.5, 0.6) is 11.5 Å². The fraction of sp³-hybridized carbons (Fsp3) is 0.0370. The van der Waals surface area contributed by atoms with Gasteiger partial charge in [0.2, 0.25) is 5.78 Å². The zero-order valence-corrected chi connectivity index (χ0v) is 17.4. The summed E-state index contributed by atoms with van der Waals surface area (Å²) in [7, 11) is 0. The highest BCUT2D eigenvalue weighted by Crippen LogP contribution is 2.50. The van der Waals surface area contributed by atoms with E-state index in [-0.39, 0.29) is 23.1 Å². The third-order valence-electron chi connectivity index (χ3n) is 6.11. The Morgan fingerprint density at radius 2 is 1.50 bits per heavy atom. The number of rotatable bonds is 1. The molecule has 1 heterocycles. The number of ketones is 2. The van der Waals surface area contributed by atoms with E-state index in [1.165, 1.54) is 0 Å². The highest BCUT2D eigenvalue weighted by atomic mass is 35.5. The summed E-state index contributed by atoms with van der Waals surface area (Å²) in [4.78, 5) is 27.1. The fourth-order valence-electron chi connectivity index (χ4n) is 4.68. The lowest BCUT2D eigenvalue weighted by Crippen LogP contribution is -2.31. The van der Waals surface area contributed by atoms with Crippen LogP contribution in [-0.2, 0) is 0 Å². The molecule has 1 unspecified atom stereocenters. The number of fused-ring (bicyclic) bond motifs is 4. The first-order chi connectivity index (χ1) is 15.5. The lowest BCUT2D eigenvalue weighted by Gasteiger charge is -2.33. The summed E-state index contributed by atoms with van der Waals surface area (Å²) < 4.78 is 6.10. The first-order valence-corrected chi connectivity index (χ1v) is 10.5. The second kappa shape index (κ2) is 6.81. The van der Waals surface area contributed by atoms with Crippen molar-refractivity contribution in [1.82, 2.24) is 0 Å². The van der Waals surface area contributed by atoms with Gasteiger partial charge < -0.3 is 9.84 Å². The standard InChI is InChI=1S/C27H15ClO4/c28-16-9-5-15(6-10-16)22-23-20-13-17(29)11-7-14(20)8-12-21(23)32-27-24(22)25(30)18-3-1-2-4-19(18)26(27)31/h1-13,22,29H. The van der Waals surface area contributed by atoms with Crippen LogP contribution in [0.2, 0.25) is 5.02 Å². The van der Waals surface area contributed by atoms with Crippen LogP contribution in [0, 0.1) is 0 Å². The van der Waals surface area contributed by atoms with Gasteiger partial charge in [-0.05, 0) is 46.7 Å². The normalized spacial score (nSPS) is 17.0. The molecular formula is C27H15ClO4. The van der Waals surface area contributed by atoms with Crippen LogP contribution in [0.3, 0.4) is 0 Å². The van der Waals surface area contributed by atoms with E-state index in [4.69, 9.17) is 16.3 Å². The SMILES string of the molecule is O=C1C2=C(C(=O)c3ccccc31)C(c1ccc(Cl)cc1)c1c(ccc3ccc(O)cc13)O2. The molecule has 0 spiro atoms. The molecule has 6 rings (SSSR count). The maximum atomic E-state index is 13.7. The Morgan fingerprint density at radius 1 is 0.812 bits per heavy atom. The number of carbonyl (C=O) groups is 2. The Morgan fingerprint density at radius 3 is 2.25 bits per heavy atom. The van der Waals surface area contributed by atoms with E-state index < -0.39 is 5.92 Å². The third-order valence-corrected chi connectivity index (χ3v) is 6.36. The number of phenolic OH excluding ortho intramolecular Hbond substituents is 1. The third kappa shape index (κ3) is 2.63. The number of ether oxygens (including phenoxy) is 1. The molecular weight excluding hydrogens is 424 g/mol. The fourth-order valence-corrected chi connectivity index (χ4v) is 4.80. The summed E-state index contributed by atoms with van der Waals surface area (Å²) in [6.45, 7) is 0. The molecule has 1 aliphatic heterocycles. The Balaban J connectivity index is 1.70. The molecule has 4 aromatic rings. The highest BCUT2D eigenvalue weighted by Gasteiger charge is 2.43. The minimum absolute atomic E-state index is 0.0562. The molecule has 0 aromatic heterocycles. The van der Waals surface area contributed by atoms with Gasteiger partial charge in [0.25, 0.3) is 0 Å². The van der Waals surface area contributed by atoms with Crippen molar-refractivity contribution < 1.29 is 19.4 Å². The number of hydrogen-bond donors (Lipinski definition) is 1. The van der Waals surface area contributed by atoms with Gasteiger partial charge in [-0.3, -0.25) is 9.59 Å². The topological polar surface area (TPSA) is 63.6 Å². The molecule has 0 fully saturated rings. The van der Waals surface area contributed by atoms with Crippen molar-refractivity contribution in [3.63, 3.8) is 0 Å². The maximum absolute atomic E-state index is 13.7. The zero-order valence-electron chi connectivity index (χ0n) is 16.6.